The second-order valence-corrected chi connectivity index (χ2v) is 7.01. The Kier molecular flexibility index (Phi) is 3.76. The third-order valence-electron chi connectivity index (χ3n) is 4.44. The predicted molar refractivity (Wildman–Crippen MR) is 94.8 cm³/mol. The van der Waals surface area contributed by atoms with Crippen LogP contribution >= 0.6 is 11.3 Å². The Balaban J connectivity index is 1.77. The van der Waals surface area contributed by atoms with Crippen LogP contribution in [0.2, 0.25) is 0 Å². The van der Waals surface area contributed by atoms with E-state index in [9.17, 15) is 4.79 Å². The summed E-state index contributed by atoms with van der Waals surface area (Å²) < 4.78 is 10.7. The van der Waals surface area contributed by atoms with Crippen molar-refractivity contribution in [3.63, 3.8) is 0 Å². The molecule has 2 aliphatic rings. The zero-order valence-electron chi connectivity index (χ0n) is 13.6. The van der Waals surface area contributed by atoms with Crippen LogP contribution in [0.4, 0.5) is 5.69 Å². The van der Waals surface area contributed by atoms with Gasteiger partial charge in [-0.05, 0) is 37.8 Å². The van der Waals surface area contributed by atoms with Crippen LogP contribution in [0, 0.1) is 0 Å². The van der Waals surface area contributed by atoms with Crippen molar-refractivity contribution in [2.75, 3.05) is 19.5 Å². The number of methoxy groups -OCH3 is 2. The van der Waals surface area contributed by atoms with Gasteiger partial charge in [-0.3, -0.25) is 4.79 Å². The number of benzene rings is 1. The Morgan fingerprint density at radius 1 is 1.17 bits per heavy atom. The molecule has 6 heteroatoms. The van der Waals surface area contributed by atoms with E-state index < -0.39 is 0 Å². The molecular weight excluding hydrogens is 324 g/mol. The third-order valence-corrected chi connectivity index (χ3v) is 5.54. The highest BCUT2D eigenvalue weighted by molar-refractivity contribution is 7.12. The van der Waals surface area contributed by atoms with Crippen molar-refractivity contribution in [2.24, 2.45) is 0 Å². The molecule has 2 heterocycles. The second kappa shape index (κ2) is 5.94. The molecule has 0 spiro atoms. The summed E-state index contributed by atoms with van der Waals surface area (Å²) in [6.07, 6.45) is 6.46. The van der Waals surface area contributed by atoms with E-state index in [4.69, 9.17) is 14.5 Å². The Bertz CT molecular complexity index is 831. The minimum absolute atomic E-state index is 0.117. The molecule has 1 N–H and O–H groups in total. The molecular formula is C18H18N2O3S. The van der Waals surface area contributed by atoms with E-state index in [1.165, 1.54) is 23.4 Å². The summed E-state index contributed by atoms with van der Waals surface area (Å²) >= 11 is 1.69. The Labute approximate surface area is 144 Å². The van der Waals surface area contributed by atoms with Crippen LogP contribution in [-0.4, -0.2) is 25.1 Å². The number of carbonyl (C=O) groups excluding carboxylic acids is 1. The van der Waals surface area contributed by atoms with E-state index in [-0.39, 0.29) is 5.91 Å². The molecule has 24 heavy (non-hydrogen) atoms. The van der Waals surface area contributed by atoms with Crippen molar-refractivity contribution in [1.82, 2.24) is 4.98 Å². The van der Waals surface area contributed by atoms with Gasteiger partial charge in [-0.25, -0.2) is 4.98 Å². The second-order valence-electron chi connectivity index (χ2n) is 5.89. The molecule has 0 unspecified atom stereocenters. The highest BCUT2D eigenvalue weighted by Gasteiger charge is 2.27. The summed E-state index contributed by atoms with van der Waals surface area (Å²) in [7, 11) is 3.17. The Hall–Kier alpha value is -2.34. The minimum atomic E-state index is -0.117. The molecule has 1 amide bonds. The fourth-order valence-corrected chi connectivity index (χ4v) is 4.31. The molecule has 124 valence electrons. The van der Waals surface area contributed by atoms with Crippen molar-refractivity contribution >= 4 is 34.6 Å². The number of carbonyl (C=O) groups is 1. The van der Waals surface area contributed by atoms with Gasteiger partial charge in [-0.2, -0.15) is 0 Å². The molecule has 1 aromatic heterocycles. The number of nitrogens with one attached hydrogen (secondary N) is 1. The number of nitrogens with zero attached hydrogens (tertiary/aromatic N) is 1. The fraction of sp³-hybridized carbons (Fsp3) is 0.333. The average molecular weight is 342 g/mol. The molecule has 0 saturated carbocycles. The van der Waals surface area contributed by atoms with Gasteiger partial charge in [-0.15, -0.1) is 11.3 Å². The van der Waals surface area contributed by atoms with Crippen LogP contribution in [0.3, 0.4) is 0 Å². The summed E-state index contributed by atoms with van der Waals surface area (Å²) in [5.74, 6) is 1.09. The number of rotatable bonds is 3. The average Bonchev–Trinajstić information content (AvgIpc) is 3.14. The molecule has 4 rings (SSSR count). The van der Waals surface area contributed by atoms with Crippen molar-refractivity contribution in [1.29, 1.82) is 0 Å². The normalized spacial score (nSPS) is 17.4. The number of anilines is 1. The van der Waals surface area contributed by atoms with Gasteiger partial charge in [-0.1, -0.05) is 0 Å². The predicted octanol–water partition coefficient (Wildman–Crippen LogP) is 3.53. The van der Waals surface area contributed by atoms with Gasteiger partial charge in [0, 0.05) is 16.5 Å². The van der Waals surface area contributed by atoms with Gasteiger partial charge in [0.2, 0.25) is 0 Å². The maximum absolute atomic E-state index is 12.4. The summed E-state index contributed by atoms with van der Waals surface area (Å²) in [5, 5.41) is 3.79. The topological polar surface area (TPSA) is 60.5 Å². The monoisotopic (exact) mass is 342 g/mol. The number of ether oxygens (including phenoxy) is 2. The van der Waals surface area contributed by atoms with Crippen LogP contribution < -0.4 is 14.8 Å². The van der Waals surface area contributed by atoms with E-state index in [0.29, 0.717) is 17.1 Å². The van der Waals surface area contributed by atoms with E-state index in [1.807, 2.05) is 12.1 Å². The molecule has 0 fully saturated rings. The SMILES string of the molecule is COc1cc2c(cc1OC)C(=Cc1nc3c(s1)CCCC3)C(=O)N2. The maximum Gasteiger partial charge on any atom is 0.256 e. The smallest absolute Gasteiger partial charge is 0.256 e. The first-order chi connectivity index (χ1) is 11.7. The number of thiazole rings is 1. The zero-order chi connectivity index (χ0) is 16.7. The largest absolute Gasteiger partial charge is 0.493 e. The molecule has 0 saturated heterocycles. The first-order valence-corrected chi connectivity index (χ1v) is 8.79. The molecule has 5 nitrogen and oxygen atoms in total. The van der Waals surface area contributed by atoms with Gasteiger partial charge in [0.25, 0.3) is 5.91 Å². The van der Waals surface area contributed by atoms with Gasteiger partial charge in [0.1, 0.15) is 5.01 Å². The van der Waals surface area contributed by atoms with Gasteiger partial charge < -0.3 is 14.8 Å². The number of aryl methyl sites for hydroxylation is 2. The quantitative estimate of drug-likeness (QED) is 0.867. The van der Waals surface area contributed by atoms with Crippen LogP contribution in [-0.2, 0) is 17.6 Å². The zero-order valence-corrected chi connectivity index (χ0v) is 14.5. The Morgan fingerprint density at radius 2 is 1.92 bits per heavy atom. The van der Waals surface area contributed by atoms with Crippen LogP contribution in [0.5, 0.6) is 11.5 Å². The number of hydrogen-bond acceptors (Lipinski definition) is 5. The highest BCUT2D eigenvalue weighted by Crippen LogP contribution is 2.41. The lowest BCUT2D eigenvalue weighted by Crippen LogP contribution is -2.03. The summed E-state index contributed by atoms with van der Waals surface area (Å²) in [6.45, 7) is 0. The molecule has 0 bridgehead atoms. The van der Waals surface area contributed by atoms with Gasteiger partial charge in [0.05, 0.1) is 31.2 Å². The summed E-state index contributed by atoms with van der Waals surface area (Å²) in [6, 6.07) is 3.63. The standard InChI is InChI=1S/C18H18N2O3S/c1-22-14-7-10-11(18(21)20-13(10)9-15(14)23-2)8-17-19-12-5-3-4-6-16(12)24-17/h7-9H,3-6H2,1-2H3,(H,20,21). The van der Waals surface area contributed by atoms with Crippen LogP contribution in [0.25, 0.3) is 11.6 Å². The van der Waals surface area contributed by atoms with E-state index in [1.54, 1.807) is 31.6 Å². The van der Waals surface area contributed by atoms with Gasteiger partial charge in [0.15, 0.2) is 11.5 Å². The number of fused-ring (bicyclic) bond motifs is 2. The lowest BCUT2D eigenvalue weighted by molar-refractivity contribution is -0.110. The number of amides is 1. The van der Waals surface area contributed by atoms with Gasteiger partial charge >= 0.3 is 0 Å². The van der Waals surface area contributed by atoms with E-state index >= 15 is 0 Å². The third kappa shape index (κ3) is 2.47. The van der Waals surface area contributed by atoms with Crippen molar-refractivity contribution in [3.8, 4) is 11.5 Å². The van der Waals surface area contributed by atoms with E-state index in [2.05, 4.69) is 5.32 Å². The van der Waals surface area contributed by atoms with Crippen LogP contribution in [0.15, 0.2) is 12.1 Å². The maximum atomic E-state index is 12.4. The molecule has 1 aliphatic heterocycles. The molecule has 0 radical (unpaired) electrons. The van der Waals surface area contributed by atoms with Crippen molar-refractivity contribution in [2.45, 2.75) is 25.7 Å². The van der Waals surface area contributed by atoms with E-state index in [0.717, 1.165) is 29.1 Å². The van der Waals surface area contributed by atoms with Crippen molar-refractivity contribution in [3.05, 3.63) is 33.3 Å². The molecule has 2 aromatic rings. The summed E-state index contributed by atoms with van der Waals surface area (Å²) in [5.41, 5.74) is 3.39. The molecule has 1 aromatic carbocycles. The highest BCUT2D eigenvalue weighted by atomic mass is 32.1. The lowest BCUT2D eigenvalue weighted by Gasteiger charge is -2.09. The molecule has 0 atom stereocenters. The first-order valence-electron chi connectivity index (χ1n) is 7.97. The minimum Gasteiger partial charge on any atom is -0.493 e. The summed E-state index contributed by atoms with van der Waals surface area (Å²) in [4.78, 5) is 18.5. The molecule has 1 aliphatic carbocycles. The fourth-order valence-electron chi connectivity index (χ4n) is 3.22. The number of hydrogen-bond donors (Lipinski definition) is 1. The lowest BCUT2D eigenvalue weighted by atomic mass is 10.0. The Morgan fingerprint density at radius 3 is 2.67 bits per heavy atom. The first kappa shape index (κ1) is 15.2. The van der Waals surface area contributed by atoms with Crippen LogP contribution in [0.1, 0.15) is 34.0 Å². The van der Waals surface area contributed by atoms with Crippen molar-refractivity contribution < 1.29 is 14.3 Å². The number of aromatic nitrogens is 1.